The van der Waals surface area contributed by atoms with Gasteiger partial charge in [0.05, 0.1) is 7.11 Å². The maximum atomic E-state index is 12.5. The van der Waals surface area contributed by atoms with Crippen LogP contribution in [0, 0.1) is 11.8 Å². The molecule has 2 bridgehead atoms. The fourth-order valence-electron chi connectivity index (χ4n) is 4.53. The maximum Gasteiger partial charge on any atom is 0.265 e. The summed E-state index contributed by atoms with van der Waals surface area (Å²) in [5, 5.41) is 7.75. The zero-order valence-electron chi connectivity index (χ0n) is 15.1. The number of carbonyl (C=O) groups excluding carboxylic acids is 1. The number of methoxy groups -OCH3 is 1. The number of amides is 1. The third-order valence-corrected chi connectivity index (χ3v) is 6.89. The van der Waals surface area contributed by atoms with Crippen LogP contribution in [0.2, 0.25) is 0 Å². The predicted molar refractivity (Wildman–Crippen MR) is 110 cm³/mol. The molecule has 1 heterocycles. The van der Waals surface area contributed by atoms with Crippen molar-refractivity contribution in [2.24, 2.45) is 11.8 Å². The molecule has 3 atom stereocenters. The molecule has 1 aromatic carbocycles. The molecule has 1 aromatic heterocycles. The summed E-state index contributed by atoms with van der Waals surface area (Å²) in [4.78, 5) is 13.2. The first-order chi connectivity index (χ1) is 12.3. The number of benzene rings is 1. The van der Waals surface area contributed by atoms with E-state index in [1.54, 1.807) is 7.11 Å². The SMILES string of the molecule is COc1c(C(=O)NCCCNC2CC3CCC2C3)sc2ccccc12.Cl. The molecule has 0 aliphatic heterocycles. The van der Waals surface area contributed by atoms with E-state index >= 15 is 0 Å². The Morgan fingerprint density at radius 3 is 2.81 bits per heavy atom. The summed E-state index contributed by atoms with van der Waals surface area (Å²) >= 11 is 1.50. The average molecular weight is 395 g/mol. The van der Waals surface area contributed by atoms with E-state index in [0.717, 1.165) is 40.9 Å². The van der Waals surface area contributed by atoms with Gasteiger partial charge in [-0.15, -0.1) is 23.7 Å². The molecule has 2 N–H and O–H groups in total. The van der Waals surface area contributed by atoms with Crippen LogP contribution in [-0.2, 0) is 0 Å². The number of fused-ring (bicyclic) bond motifs is 3. The molecule has 2 fully saturated rings. The van der Waals surface area contributed by atoms with Crippen LogP contribution >= 0.6 is 23.7 Å². The predicted octanol–water partition coefficient (Wildman–Crippen LogP) is 4.23. The number of carbonyl (C=O) groups is 1. The molecule has 2 aliphatic carbocycles. The van der Waals surface area contributed by atoms with E-state index in [1.807, 2.05) is 24.3 Å². The molecule has 0 radical (unpaired) electrons. The van der Waals surface area contributed by atoms with Gasteiger partial charge < -0.3 is 15.4 Å². The van der Waals surface area contributed by atoms with Crippen molar-refractivity contribution in [2.45, 2.75) is 38.1 Å². The molecular formula is C20H27ClN2O2S. The van der Waals surface area contributed by atoms with Crippen molar-refractivity contribution in [3.8, 4) is 5.75 Å². The zero-order chi connectivity index (χ0) is 17.2. The summed E-state index contributed by atoms with van der Waals surface area (Å²) in [6.45, 7) is 1.68. The van der Waals surface area contributed by atoms with E-state index in [4.69, 9.17) is 4.74 Å². The van der Waals surface area contributed by atoms with Crippen LogP contribution in [0.25, 0.3) is 10.1 Å². The van der Waals surface area contributed by atoms with Crippen LogP contribution in [-0.4, -0.2) is 32.1 Å². The molecule has 6 heteroatoms. The van der Waals surface area contributed by atoms with Crippen LogP contribution in [0.5, 0.6) is 5.75 Å². The number of halogens is 1. The molecule has 4 nitrogen and oxygen atoms in total. The molecule has 1 amide bonds. The van der Waals surface area contributed by atoms with Crippen LogP contribution in [0.4, 0.5) is 0 Å². The Hall–Kier alpha value is -1.30. The molecule has 2 aromatic rings. The molecule has 4 rings (SSSR count). The smallest absolute Gasteiger partial charge is 0.265 e. The Bertz CT molecular complexity index is 763. The lowest BCUT2D eigenvalue weighted by molar-refractivity contribution is 0.0954. The summed E-state index contributed by atoms with van der Waals surface area (Å²) in [6.07, 6.45) is 6.60. The van der Waals surface area contributed by atoms with Crippen molar-refractivity contribution in [1.29, 1.82) is 0 Å². The van der Waals surface area contributed by atoms with E-state index in [2.05, 4.69) is 10.6 Å². The molecule has 26 heavy (non-hydrogen) atoms. The highest BCUT2D eigenvalue weighted by Gasteiger charge is 2.38. The zero-order valence-corrected chi connectivity index (χ0v) is 16.8. The molecule has 2 saturated carbocycles. The summed E-state index contributed by atoms with van der Waals surface area (Å²) in [6, 6.07) is 8.71. The highest BCUT2D eigenvalue weighted by atomic mass is 35.5. The number of rotatable bonds is 7. The van der Waals surface area contributed by atoms with Crippen LogP contribution < -0.4 is 15.4 Å². The first-order valence-electron chi connectivity index (χ1n) is 9.33. The second-order valence-corrected chi connectivity index (χ2v) is 8.36. The van der Waals surface area contributed by atoms with Crippen molar-refractivity contribution in [3.63, 3.8) is 0 Å². The molecule has 2 aliphatic rings. The average Bonchev–Trinajstić information content (AvgIpc) is 3.34. The van der Waals surface area contributed by atoms with Crippen molar-refractivity contribution >= 4 is 39.7 Å². The lowest BCUT2D eigenvalue weighted by Crippen LogP contribution is -2.36. The molecule has 0 saturated heterocycles. The lowest BCUT2D eigenvalue weighted by Gasteiger charge is -2.22. The van der Waals surface area contributed by atoms with Gasteiger partial charge in [0.2, 0.25) is 0 Å². The first-order valence-corrected chi connectivity index (χ1v) is 10.1. The van der Waals surface area contributed by atoms with Crippen molar-refractivity contribution in [1.82, 2.24) is 10.6 Å². The number of ether oxygens (including phenoxy) is 1. The largest absolute Gasteiger partial charge is 0.494 e. The monoisotopic (exact) mass is 394 g/mol. The number of hydrogen-bond acceptors (Lipinski definition) is 4. The van der Waals surface area contributed by atoms with E-state index in [1.165, 1.54) is 37.0 Å². The minimum atomic E-state index is -0.0297. The van der Waals surface area contributed by atoms with Crippen LogP contribution in [0.1, 0.15) is 41.8 Å². The van der Waals surface area contributed by atoms with E-state index in [9.17, 15) is 4.79 Å². The number of nitrogens with one attached hydrogen (secondary N) is 2. The van der Waals surface area contributed by atoms with Gasteiger partial charge in [-0.25, -0.2) is 0 Å². The number of hydrogen-bond donors (Lipinski definition) is 2. The normalized spacial score (nSPS) is 23.8. The van der Waals surface area contributed by atoms with Gasteiger partial charge in [-0.1, -0.05) is 18.6 Å². The second-order valence-electron chi connectivity index (χ2n) is 7.31. The Morgan fingerprint density at radius 2 is 2.08 bits per heavy atom. The standard InChI is InChI=1S/C20H26N2O2S.ClH/c1-24-18-15-5-2-3-6-17(15)25-19(18)20(23)22-10-4-9-21-16-12-13-7-8-14(16)11-13;/h2-3,5-6,13-14,16,21H,4,7-12H2,1H3,(H,22,23);1H. The molecule has 3 unspecified atom stereocenters. The van der Waals surface area contributed by atoms with Crippen molar-refractivity contribution < 1.29 is 9.53 Å². The second kappa shape index (κ2) is 8.59. The summed E-state index contributed by atoms with van der Waals surface area (Å²) < 4.78 is 6.57. The lowest BCUT2D eigenvalue weighted by atomic mass is 9.95. The Balaban J connectivity index is 0.00000196. The van der Waals surface area contributed by atoms with E-state index in [-0.39, 0.29) is 18.3 Å². The van der Waals surface area contributed by atoms with Gasteiger partial charge in [-0.3, -0.25) is 4.79 Å². The van der Waals surface area contributed by atoms with Gasteiger partial charge in [0, 0.05) is 22.7 Å². The first kappa shape index (κ1) is 19.5. The van der Waals surface area contributed by atoms with Crippen LogP contribution in [0.15, 0.2) is 24.3 Å². The highest BCUT2D eigenvalue weighted by Crippen LogP contribution is 2.44. The van der Waals surface area contributed by atoms with Gasteiger partial charge in [0.15, 0.2) is 0 Å². The van der Waals surface area contributed by atoms with Gasteiger partial charge in [-0.05, 0) is 56.2 Å². The quantitative estimate of drug-likeness (QED) is 0.691. The van der Waals surface area contributed by atoms with Crippen LogP contribution in [0.3, 0.4) is 0 Å². The van der Waals surface area contributed by atoms with E-state index in [0.29, 0.717) is 17.2 Å². The maximum absolute atomic E-state index is 12.5. The third-order valence-electron chi connectivity index (χ3n) is 5.74. The topological polar surface area (TPSA) is 50.4 Å². The van der Waals surface area contributed by atoms with Crippen molar-refractivity contribution in [3.05, 3.63) is 29.1 Å². The van der Waals surface area contributed by atoms with E-state index < -0.39 is 0 Å². The van der Waals surface area contributed by atoms with Crippen molar-refractivity contribution in [2.75, 3.05) is 20.2 Å². The Labute approximate surface area is 165 Å². The van der Waals surface area contributed by atoms with Gasteiger partial charge >= 0.3 is 0 Å². The fourth-order valence-corrected chi connectivity index (χ4v) is 5.61. The summed E-state index contributed by atoms with van der Waals surface area (Å²) in [5.41, 5.74) is 0. The van der Waals surface area contributed by atoms with Gasteiger partial charge in [0.25, 0.3) is 5.91 Å². The van der Waals surface area contributed by atoms with Gasteiger partial charge in [-0.2, -0.15) is 0 Å². The van der Waals surface area contributed by atoms with Gasteiger partial charge in [0.1, 0.15) is 10.6 Å². The minimum absolute atomic E-state index is 0. The minimum Gasteiger partial charge on any atom is -0.494 e. The highest BCUT2D eigenvalue weighted by molar-refractivity contribution is 7.21. The number of thiophene rings is 1. The molecule has 142 valence electrons. The third kappa shape index (κ3) is 3.85. The summed E-state index contributed by atoms with van der Waals surface area (Å²) in [7, 11) is 1.63. The Morgan fingerprint density at radius 1 is 1.23 bits per heavy atom. The molecule has 0 spiro atoms. The fraction of sp³-hybridized carbons (Fsp3) is 0.550. The molecular weight excluding hydrogens is 368 g/mol. The Kier molecular flexibility index (Phi) is 6.43. The summed E-state index contributed by atoms with van der Waals surface area (Å²) in [5.74, 6) is 2.54.